The Kier molecular flexibility index (Phi) is 7.77. The number of anilines is 2. The summed E-state index contributed by atoms with van der Waals surface area (Å²) in [5.74, 6) is -0.227. The van der Waals surface area contributed by atoms with Gasteiger partial charge in [0.15, 0.2) is 11.5 Å². The summed E-state index contributed by atoms with van der Waals surface area (Å²) in [7, 11) is 3.13. The average Bonchev–Trinajstić information content (AvgIpc) is 3.88. The number of fused-ring (bicyclic) bond motifs is 1. The summed E-state index contributed by atoms with van der Waals surface area (Å²) in [5.41, 5.74) is 2.33. The Hall–Kier alpha value is -5.19. The monoisotopic (exact) mass is 598 g/mol. The maximum Gasteiger partial charge on any atom is 0.331 e. The normalized spacial score (nSPS) is 16.7. The molecule has 4 aromatic rings. The molecular formula is C33H31FN4O6. The number of rotatable bonds is 9. The smallest absolute Gasteiger partial charge is 0.331 e. The first-order valence-electron chi connectivity index (χ1n) is 14.3. The Morgan fingerprint density at radius 1 is 0.955 bits per heavy atom. The van der Waals surface area contributed by atoms with E-state index >= 15 is 0 Å². The molecule has 2 fully saturated rings. The second kappa shape index (κ2) is 11.8. The van der Waals surface area contributed by atoms with Gasteiger partial charge in [-0.15, -0.1) is 0 Å². The van der Waals surface area contributed by atoms with E-state index in [1.54, 1.807) is 51.6 Å². The standard InChI is InChI=1S/C33H31FN4O6/c1-4-37-18-25(32(40)38(33(37)41)22-10-7-20(34)8-11-22)31(39)36-21-9-12-27(23(15-21)19-5-6-19)44-28-13-14-35-26-17-30(43-3)29(42-2)16-24(26)28/h7-17,19,25H,4-6,18H2,1-3H3,(H,36,39). The SMILES string of the molecule is CCN1CC(C(=O)Nc2ccc(Oc3ccnc4cc(OC)c(OC)cc34)c(C3CC3)c2)C(=O)N(c2ccc(F)cc2)C1=O. The number of urea groups is 1. The molecule has 11 heteroatoms. The van der Waals surface area contributed by atoms with E-state index in [4.69, 9.17) is 14.2 Å². The third kappa shape index (κ3) is 5.48. The van der Waals surface area contributed by atoms with E-state index in [1.165, 1.54) is 29.2 Å². The summed E-state index contributed by atoms with van der Waals surface area (Å²) >= 11 is 0. The number of hydrogen-bond donors (Lipinski definition) is 1. The zero-order valence-corrected chi connectivity index (χ0v) is 24.5. The molecule has 44 heavy (non-hydrogen) atoms. The molecule has 0 bridgehead atoms. The average molecular weight is 599 g/mol. The predicted octanol–water partition coefficient (Wildman–Crippen LogP) is 6.10. The number of halogens is 1. The lowest BCUT2D eigenvalue weighted by Gasteiger charge is -2.37. The van der Waals surface area contributed by atoms with E-state index < -0.39 is 29.6 Å². The maximum absolute atomic E-state index is 13.5. The molecule has 1 unspecified atom stereocenters. The highest BCUT2D eigenvalue weighted by Crippen LogP contribution is 2.47. The van der Waals surface area contributed by atoms with Crippen LogP contribution < -0.4 is 24.4 Å². The van der Waals surface area contributed by atoms with Crippen molar-refractivity contribution in [2.24, 2.45) is 5.92 Å². The minimum atomic E-state index is -1.15. The van der Waals surface area contributed by atoms with Crippen molar-refractivity contribution >= 4 is 40.1 Å². The first-order valence-corrected chi connectivity index (χ1v) is 14.3. The molecule has 10 nitrogen and oxygen atoms in total. The Bertz CT molecular complexity index is 1760. The number of imide groups is 1. The van der Waals surface area contributed by atoms with Crippen LogP contribution in [0.4, 0.5) is 20.6 Å². The molecule has 4 amide bonds. The highest BCUT2D eigenvalue weighted by Gasteiger charge is 2.43. The van der Waals surface area contributed by atoms with Gasteiger partial charge in [0.1, 0.15) is 23.2 Å². The van der Waals surface area contributed by atoms with E-state index in [0.29, 0.717) is 40.7 Å². The highest BCUT2D eigenvalue weighted by atomic mass is 19.1. The maximum atomic E-state index is 13.5. The Morgan fingerprint density at radius 3 is 2.36 bits per heavy atom. The minimum Gasteiger partial charge on any atom is -0.493 e. The van der Waals surface area contributed by atoms with Crippen molar-refractivity contribution in [3.05, 3.63) is 78.2 Å². The third-order valence-corrected chi connectivity index (χ3v) is 7.89. The fraction of sp³-hybridized carbons (Fsp3) is 0.273. The second-order valence-corrected chi connectivity index (χ2v) is 10.7. The van der Waals surface area contributed by atoms with Gasteiger partial charge in [-0.3, -0.25) is 14.6 Å². The molecular weight excluding hydrogens is 567 g/mol. The van der Waals surface area contributed by atoms with Gasteiger partial charge in [0.05, 0.1) is 25.4 Å². The van der Waals surface area contributed by atoms with E-state index in [-0.39, 0.29) is 18.2 Å². The number of ether oxygens (including phenoxy) is 3. The summed E-state index contributed by atoms with van der Waals surface area (Å²) in [6, 6.07) is 15.3. The van der Waals surface area contributed by atoms with Crippen LogP contribution in [0.1, 0.15) is 31.2 Å². The van der Waals surface area contributed by atoms with Crippen LogP contribution in [0.15, 0.2) is 66.9 Å². The largest absolute Gasteiger partial charge is 0.493 e. The van der Waals surface area contributed by atoms with Crippen LogP contribution in [0.2, 0.25) is 0 Å². The number of carbonyl (C=O) groups excluding carboxylic acids is 3. The van der Waals surface area contributed by atoms with E-state index in [0.717, 1.165) is 28.7 Å². The van der Waals surface area contributed by atoms with Gasteiger partial charge in [0.2, 0.25) is 11.8 Å². The minimum absolute atomic E-state index is 0.0578. The van der Waals surface area contributed by atoms with Crippen molar-refractivity contribution in [1.82, 2.24) is 9.88 Å². The Labute approximate surface area is 253 Å². The molecule has 1 aromatic heterocycles. The number of pyridine rings is 1. The van der Waals surface area contributed by atoms with Crippen LogP contribution in [-0.4, -0.2) is 55.0 Å². The summed E-state index contributed by atoms with van der Waals surface area (Å²) in [5, 5.41) is 3.62. The quantitative estimate of drug-likeness (QED) is 0.232. The molecule has 1 saturated heterocycles. The summed E-state index contributed by atoms with van der Waals surface area (Å²) in [6.45, 7) is 2.01. The predicted molar refractivity (Wildman–Crippen MR) is 162 cm³/mol. The molecule has 3 aromatic carbocycles. The van der Waals surface area contributed by atoms with E-state index in [1.807, 2.05) is 12.1 Å². The Balaban J connectivity index is 1.26. The molecule has 226 valence electrons. The van der Waals surface area contributed by atoms with Gasteiger partial charge in [-0.1, -0.05) is 0 Å². The van der Waals surface area contributed by atoms with Crippen molar-refractivity contribution in [1.29, 1.82) is 0 Å². The van der Waals surface area contributed by atoms with Gasteiger partial charge in [0.25, 0.3) is 0 Å². The molecule has 2 heterocycles. The lowest BCUT2D eigenvalue weighted by molar-refractivity contribution is -0.132. The van der Waals surface area contributed by atoms with E-state index in [2.05, 4.69) is 10.3 Å². The topological polar surface area (TPSA) is 110 Å². The second-order valence-electron chi connectivity index (χ2n) is 10.7. The molecule has 2 aliphatic rings. The van der Waals surface area contributed by atoms with Gasteiger partial charge in [-0.2, -0.15) is 0 Å². The van der Waals surface area contributed by atoms with Gasteiger partial charge in [0, 0.05) is 36.4 Å². The number of hydrogen-bond acceptors (Lipinski definition) is 7. The number of amides is 4. The number of methoxy groups -OCH3 is 2. The van der Waals surface area contributed by atoms with Crippen LogP contribution in [0.25, 0.3) is 10.9 Å². The van der Waals surface area contributed by atoms with Crippen molar-refractivity contribution in [2.75, 3.05) is 37.5 Å². The summed E-state index contributed by atoms with van der Waals surface area (Å²) in [4.78, 5) is 46.7. The van der Waals surface area contributed by atoms with Crippen molar-refractivity contribution < 1.29 is 33.0 Å². The molecule has 0 spiro atoms. The number of nitrogens with one attached hydrogen (secondary N) is 1. The van der Waals surface area contributed by atoms with Gasteiger partial charge in [-0.05, 0) is 85.8 Å². The lowest BCUT2D eigenvalue weighted by Crippen LogP contribution is -2.59. The zero-order valence-electron chi connectivity index (χ0n) is 24.5. The van der Waals surface area contributed by atoms with Crippen LogP contribution in [0.3, 0.4) is 0 Å². The summed E-state index contributed by atoms with van der Waals surface area (Å²) in [6.07, 6.45) is 3.63. The van der Waals surface area contributed by atoms with Crippen LogP contribution >= 0.6 is 0 Å². The lowest BCUT2D eigenvalue weighted by atomic mass is 10.0. The van der Waals surface area contributed by atoms with Gasteiger partial charge >= 0.3 is 6.03 Å². The fourth-order valence-corrected chi connectivity index (χ4v) is 5.37. The Morgan fingerprint density at radius 2 is 1.68 bits per heavy atom. The van der Waals surface area contributed by atoms with E-state index in [9.17, 15) is 18.8 Å². The van der Waals surface area contributed by atoms with Crippen LogP contribution in [0, 0.1) is 11.7 Å². The third-order valence-electron chi connectivity index (χ3n) is 7.89. The fourth-order valence-electron chi connectivity index (χ4n) is 5.37. The van der Waals surface area contributed by atoms with Crippen molar-refractivity contribution in [2.45, 2.75) is 25.7 Å². The van der Waals surface area contributed by atoms with Gasteiger partial charge in [-0.25, -0.2) is 14.1 Å². The molecule has 6 rings (SSSR count). The molecule has 0 radical (unpaired) electrons. The highest BCUT2D eigenvalue weighted by molar-refractivity contribution is 6.23. The molecule has 1 saturated carbocycles. The van der Waals surface area contributed by atoms with Crippen molar-refractivity contribution in [3.63, 3.8) is 0 Å². The molecule has 1 N–H and O–H groups in total. The number of benzene rings is 3. The first-order chi connectivity index (χ1) is 21.3. The number of aromatic nitrogens is 1. The van der Waals surface area contributed by atoms with Crippen LogP contribution in [-0.2, 0) is 9.59 Å². The molecule has 1 aliphatic carbocycles. The molecule has 1 atom stereocenters. The number of carbonyl (C=O) groups is 3. The molecule has 1 aliphatic heterocycles. The summed E-state index contributed by atoms with van der Waals surface area (Å²) < 4.78 is 30.8. The van der Waals surface area contributed by atoms with Crippen LogP contribution in [0.5, 0.6) is 23.0 Å². The van der Waals surface area contributed by atoms with Gasteiger partial charge < -0.3 is 24.4 Å². The zero-order chi connectivity index (χ0) is 31.0. The number of nitrogens with zero attached hydrogens (tertiary/aromatic N) is 3. The first kappa shape index (κ1) is 28.9. The van der Waals surface area contributed by atoms with Crippen molar-refractivity contribution in [3.8, 4) is 23.0 Å².